The van der Waals surface area contributed by atoms with Crippen LogP contribution in [0.1, 0.15) is 51.5 Å². The molecule has 1 unspecified atom stereocenters. The molecule has 2 rings (SSSR count). The van der Waals surface area contributed by atoms with Crippen LogP contribution in [0.2, 0.25) is 0 Å². The number of benzene rings is 1. The number of aryl methyl sites for hydroxylation is 1. The number of hydrogen-bond acceptors (Lipinski definition) is 2. The first-order chi connectivity index (χ1) is 10.1. The van der Waals surface area contributed by atoms with Crippen LogP contribution in [0.5, 0.6) is 0 Å². The van der Waals surface area contributed by atoms with Gasteiger partial charge in [0.2, 0.25) is 5.91 Å². The minimum absolute atomic E-state index is 0.0431. The number of anilines is 1. The Morgan fingerprint density at radius 1 is 1.10 bits per heavy atom. The van der Waals surface area contributed by atoms with Gasteiger partial charge in [0.25, 0.3) is 0 Å². The van der Waals surface area contributed by atoms with Crippen LogP contribution in [0.3, 0.4) is 0 Å². The van der Waals surface area contributed by atoms with E-state index in [0.717, 1.165) is 5.69 Å². The zero-order chi connectivity index (χ0) is 15.2. The molecule has 1 aromatic rings. The Morgan fingerprint density at radius 2 is 1.71 bits per heavy atom. The summed E-state index contributed by atoms with van der Waals surface area (Å²) in [5, 5.41) is 6.44. The topological polar surface area (TPSA) is 41.1 Å². The maximum absolute atomic E-state index is 12.2. The largest absolute Gasteiger partial charge is 0.325 e. The van der Waals surface area contributed by atoms with Crippen molar-refractivity contribution < 1.29 is 4.79 Å². The van der Waals surface area contributed by atoms with Crippen LogP contribution in [0, 0.1) is 12.8 Å². The van der Waals surface area contributed by atoms with Gasteiger partial charge in [0.1, 0.15) is 0 Å². The molecule has 1 aliphatic carbocycles. The van der Waals surface area contributed by atoms with Crippen LogP contribution >= 0.6 is 0 Å². The fourth-order valence-electron chi connectivity index (χ4n) is 3.13. The highest BCUT2D eigenvalue weighted by atomic mass is 16.2. The van der Waals surface area contributed by atoms with Crippen molar-refractivity contribution in [2.24, 2.45) is 5.92 Å². The van der Waals surface area contributed by atoms with Gasteiger partial charge in [0.15, 0.2) is 0 Å². The van der Waals surface area contributed by atoms with E-state index >= 15 is 0 Å². The normalized spacial score (nSPS) is 19.0. The van der Waals surface area contributed by atoms with E-state index in [4.69, 9.17) is 0 Å². The van der Waals surface area contributed by atoms with Crippen molar-refractivity contribution >= 4 is 11.6 Å². The molecule has 0 aliphatic heterocycles. The van der Waals surface area contributed by atoms with Crippen LogP contribution in [0.25, 0.3) is 0 Å². The minimum Gasteiger partial charge on any atom is -0.325 e. The van der Waals surface area contributed by atoms with Crippen molar-refractivity contribution in [1.82, 2.24) is 5.32 Å². The molecule has 1 amide bonds. The van der Waals surface area contributed by atoms with Crippen LogP contribution in [0.15, 0.2) is 24.3 Å². The fourth-order valence-corrected chi connectivity index (χ4v) is 3.13. The second-order valence-electron chi connectivity index (χ2n) is 6.43. The Kier molecular flexibility index (Phi) is 5.80. The lowest BCUT2D eigenvalue weighted by Crippen LogP contribution is -2.46. The third kappa shape index (κ3) is 4.85. The summed E-state index contributed by atoms with van der Waals surface area (Å²) in [6.45, 7) is 6.20. The summed E-state index contributed by atoms with van der Waals surface area (Å²) >= 11 is 0. The minimum atomic E-state index is -0.164. The fraction of sp³-hybridized carbons (Fsp3) is 0.611. The Morgan fingerprint density at radius 3 is 2.33 bits per heavy atom. The van der Waals surface area contributed by atoms with Gasteiger partial charge >= 0.3 is 0 Å². The Hall–Kier alpha value is -1.35. The van der Waals surface area contributed by atoms with Crippen molar-refractivity contribution in [2.75, 3.05) is 5.32 Å². The molecule has 3 nitrogen and oxygen atoms in total. The molecule has 0 spiro atoms. The smallest absolute Gasteiger partial charge is 0.241 e. The van der Waals surface area contributed by atoms with Crippen LogP contribution in [-0.4, -0.2) is 18.0 Å². The average molecular weight is 288 g/mol. The molecule has 0 saturated heterocycles. The lowest BCUT2D eigenvalue weighted by Gasteiger charge is -2.30. The molecule has 1 fully saturated rings. The van der Waals surface area contributed by atoms with Gasteiger partial charge < -0.3 is 10.6 Å². The summed E-state index contributed by atoms with van der Waals surface area (Å²) in [5.41, 5.74) is 2.06. The number of carbonyl (C=O) groups excluding carboxylic acids is 1. The molecule has 116 valence electrons. The molecule has 0 bridgehead atoms. The maximum Gasteiger partial charge on any atom is 0.241 e. The summed E-state index contributed by atoms with van der Waals surface area (Å²) in [6.07, 6.45) is 6.62. The molecule has 2 N–H and O–H groups in total. The van der Waals surface area contributed by atoms with E-state index in [2.05, 4.69) is 17.6 Å². The van der Waals surface area contributed by atoms with Crippen LogP contribution in [-0.2, 0) is 4.79 Å². The lowest BCUT2D eigenvalue weighted by molar-refractivity contribution is -0.118. The van der Waals surface area contributed by atoms with Gasteiger partial charge in [-0.2, -0.15) is 0 Å². The first-order valence-electron chi connectivity index (χ1n) is 8.20. The van der Waals surface area contributed by atoms with Gasteiger partial charge in [0, 0.05) is 11.7 Å². The van der Waals surface area contributed by atoms with Crippen molar-refractivity contribution in [3.05, 3.63) is 29.8 Å². The third-order valence-electron chi connectivity index (χ3n) is 4.58. The lowest BCUT2D eigenvalue weighted by atomic mass is 9.84. The SMILES string of the molecule is Cc1ccc(NC(=O)C(C)N[C@@H](C)C2CCCCC2)cc1. The predicted molar refractivity (Wildman–Crippen MR) is 88.4 cm³/mol. The highest BCUT2D eigenvalue weighted by molar-refractivity contribution is 5.94. The molecule has 0 aromatic heterocycles. The summed E-state index contributed by atoms with van der Waals surface area (Å²) in [4.78, 5) is 12.2. The third-order valence-corrected chi connectivity index (χ3v) is 4.58. The van der Waals surface area contributed by atoms with E-state index in [1.807, 2.05) is 38.1 Å². The number of nitrogens with one attached hydrogen (secondary N) is 2. The van der Waals surface area contributed by atoms with E-state index in [0.29, 0.717) is 12.0 Å². The zero-order valence-corrected chi connectivity index (χ0v) is 13.5. The molecule has 0 radical (unpaired) electrons. The van der Waals surface area contributed by atoms with Crippen molar-refractivity contribution in [3.63, 3.8) is 0 Å². The van der Waals surface area contributed by atoms with Crippen LogP contribution in [0.4, 0.5) is 5.69 Å². The van der Waals surface area contributed by atoms with Crippen molar-refractivity contribution in [2.45, 2.75) is 65.0 Å². The molecule has 3 heteroatoms. The standard InChI is InChI=1S/C18H28N2O/c1-13-9-11-17(12-10-13)20-18(21)15(3)19-14(2)16-7-5-4-6-8-16/h9-12,14-16,19H,4-8H2,1-3H3,(H,20,21)/t14-,15?/m0/s1. The molecule has 0 heterocycles. The van der Waals surface area contributed by atoms with Gasteiger partial charge in [-0.25, -0.2) is 0 Å². The van der Waals surface area contributed by atoms with E-state index in [9.17, 15) is 4.79 Å². The van der Waals surface area contributed by atoms with E-state index in [1.165, 1.54) is 37.7 Å². The summed E-state index contributed by atoms with van der Waals surface area (Å²) in [7, 11) is 0. The van der Waals surface area contributed by atoms with Gasteiger partial charge in [-0.15, -0.1) is 0 Å². The summed E-state index contributed by atoms with van der Waals surface area (Å²) < 4.78 is 0. The second kappa shape index (κ2) is 7.60. The molecular weight excluding hydrogens is 260 g/mol. The highest BCUT2D eigenvalue weighted by Gasteiger charge is 2.23. The van der Waals surface area contributed by atoms with Crippen molar-refractivity contribution in [1.29, 1.82) is 0 Å². The Balaban J connectivity index is 1.82. The number of amides is 1. The Labute approximate surface area is 128 Å². The molecule has 2 atom stereocenters. The highest BCUT2D eigenvalue weighted by Crippen LogP contribution is 2.26. The Bertz CT molecular complexity index is 449. The van der Waals surface area contributed by atoms with E-state index in [1.54, 1.807) is 0 Å². The van der Waals surface area contributed by atoms with Crippen molar-refractivity contribution in [3.8, 4) is 0 Å². The number of carbonyl (C=O) groups is 1. The molecule has 1 saturated carbocycles. The number of rotatable bonds is 5. The average Bonchev–Trinajstić information content (AvgIpc) is 2.50. The zero-order valence-electron chi connectivity index (χ0n) is 13.5. The van der Waals surface area contributed by atoms with E-state index < -0.39 is 0 Å². The first-order valence-corrected chi connectivity index (χ1v) is 8.20. The van der Waals surface area contributed by atoms with Gasteiger partial charge in [0.05, 0.1) is 6.04 Å². The number of hydrogen-bond donors (Lipinski definition) is 2. The van der Waals surface area contributed by atoms with Gasteiger partial charge in [-0.1, -0.05) is 37.0 Å². The summed E-state index contributed by atoms with van der Waals surface area (Å²) in [5.74, 6) is 0.759. The molecular formula is C18H28N2O. The monoisotopic (exact) mass is 288 g/mol. The predicted octanol–water partition coefficient (Wildman–Crippen LogP) is 3.88. The maximum atomic E-state index is 12.2. The van der Waals surface area contributed by atoms with E-state index in [-0.39, 0.29) is 11.9 Å². The first kappa shape index (κ1) is 16.0. The second-order valence-corrected chi connectivity index (χ2v) is 6.43. The molecule has 1 aliphatic rings. The molecule has 1 aromatic carbocycles. The quantitative estimate of drug-likeness (QED) is 0.863. The summed E-state index contributed by atoms with van der Waals surface area (Å²) in [6, 6.07) is 8.17. The molecule has 21 heavy (non-hydrogen) atoms. The van der Waals surface area contributed by atoms with Gasteiger partial charge in [-0.3, -0.25) is 4.79 Å². The van der Waals surface area contributed by atoms with Gasteiger partial charge in [-0.05, 0) is 51.7 Å². The van der Waals surface area contributed by atoms with Crippen LogP contribution < -0.4 is 10.6 Å².